The average molecular weight is 258 g/mol. The van der Waals surface area contributed by atoms with Crippen molar-refractivity contribution >= 4 is 5.91 Å². The SMILES string of the molecule is CCN(CC)C(=O)c1cc(-n2ccc(C)n2)ccn1. The molecular formula is C14H18N4O. The van der Waals surface area contributed by atoms with Crippen molar-refractivity contribution in [1.82, 2.24) is 19.7 Å². The molecule has 2 aromatic heterocycles. The quantitative estimate of drug-likeness (QED) is 0.843. The van der Waals surface area contributed by atoms with E-state index in [1.807, 2.05) is 39.1 Å². The molecule has 0 saturated carbocycles. The highest BCUT2D eigenvalue weighted by Crippen LogP contribution is 2.10. The maximum absolute atomic E-state index is 12.2. The van der Waals surface area contributed by atoms with Gasteiger partial charge in [0.1, 0.15) is 5.69 Å². The molecule has 5 heteroatoms. The molecule has 100 valence electrons. The summed E-state index contributed by atoms with van der Waals surface area (Å²) < 4.78 is 1.75. The fourth-order valence-electron chi connectivity index (χ4n) is 1.91. The van der Waals surface area contributed by atoms with Gasteiger partial charge in [-0.1, -0.05) is 0 Å². The van der Waals surface area contributed by atoms with Gasteiger partial charge in [0.05, 0.1) is 11.4 Å². The van der Waals surface area contributed by atoms with Crippen molar-refractivity contribution in [2.45, 2.75) is 20.8 Å². The first-order chi connectivity index (χ1) is 9.15. The van der Waals surface area contributed by atoms with Crippen LogP contribution < -0.4 is 0 Å². The van der Waals surface area contributed by atoms with E-state index in [4.69, 9.17) is 0 Å². The van der Waals surface area contributed by atoms with Gasteiger partial charge in [-0.05, 0) is 39.0 Å². The van der Waals surface area contributed by atoms with Crippen LogP contribution in [0.3, 0.4) is 0 Å². The molecule has 0 bridgehead atoms. The highest BCUT2D eigenvalue weighted by atomic mass is 16.2. The van der Waals surface area contributed by atoms with Gasteiger partial charge in [0.2, 0.25) is 0 Å². The largest absolute Gasteiger partial charge is 0.338 e. The van der Waals surface area contributed by atoms with Crippen LogP contribution in [0, 0.1) is 6.92 Å². The van der Waals surface area contributed by atoms with Crippen LogP contribution in [0.2, 0.25) is 0 Å². The number of rotatable bonds is 4. The Morgan fingerprint density at radius 1 is 1.32 bits per heavy atom. The van der Waals surface area contributed by atoms with Gasteiger partial charge in [-0.3, -0.25) is 9.78 Å². The molecule has 0 radical (unpaired) electrons. The Hall–Kier alpha value is -2.17. The van der Waals surface area contributed by atoms with Crippen molar-refractivity contribution in [1.29, 1.82) is 0 Å². The molecule has 0 atom stereocenters. The van der Waals surface area contributed by atoms with Gasteiger partial charge in [-0.15, -0.1) is 0 Å². The van der Waals surface area contributed by atoms with Crippen molar-refractivity contribution in [3.8, 4) is 5.69 Å². The van der Waals surface area contributed by atoms with Crippen LogP contribution in [0.4, 0.5) is 0 Å². The lowest BCUT2D eigenvalue weighted by molar-refractivity contribution is 0.0767. The van der Waals surface area contributed by atoms with Crippen LogP contribution in [0.25, 0.3) is 5.69 Å². The van der Waals surface area contributed by atoms with E-state index in [-0.39, 0.29) is 5.91 Å². The molecule has 0 aliphatic rings. The molecule has 0 aliphatic heterocycles. The molecule has 0 N–H and O–H groups in total. The first-order valence-electron chi connectivity index (χ1n) is 6.43. The summed E-state index contributed by atoms with van der Waals surface area (Å²) in [6, 6.07) is 5.53. The Bertz CT molecular complexity index is 572. The molecule has 0 spiro atoms. The Balaban J connectivity index is 2.31. The van der Waals surface area contributed by atoms with Gasteiger partial charge >= 0.3 is 0 Å². The molecule has 0 unspecified atom stereocenters. The van der Waals surface area contributed by atoms with E-state index < -0.39 is 0 Å². The number of hydrogen-bond donors (Lipinski definition) is 0. The first-order valence-corrected chi connectivity index (χ1v) is 6.43. The molecule has 19 heavy (non-hydrogen) atoms. The minimum atomic E-state index is -0.0456. The molecule has 0 saturated heterocycles. The highest BCUT2D eigenvalue weighted by molar-refractivity contribution is 5.92. The lowest BCUT2D eigenvalue weighted by atomic mass is 10.3. The summed E-state index contributed by atoms with van der Waals surface area (Å²) in [5.74, 6) is -0.0456. The van der Waals surface area contributed by atoms with Gasteiger partial charge in [-0.2, -0.15) is 5.10 Å². The van der Waals surface area contributed by atoms with E-state index in [9.17, 15) is 4.79 Å². The summed E-state index contributed by atoms with van der Waals surface area (Å²) in [5, 5.41) is 4.33. The van der Waals surface area contributed by atoms with Gasteiger partial charge < -0.3 is 4.90 Å². The van der Waals surface area contributed by atoms with Crippen LogP contribution in [0.15, 0.2) is 30.6 Å². The average Bonchev–Trinajstić information content (AvgIpc) is 2.87. The van der Waals surface area contributed by atoms with Crippen LogP contribution in [0.1, 0.15) is 30.0 Å². The predicted octanol–water partition coefficient (Wildman–Crippen LogP) is 2.06. The summed E-state index contributed by atoms with van der Waals surface area (Å²) in [5.41, 5.74) is 2.24. The van der Waals surface area contributed by atoms with Crippen LogP contribution in [-0.2, 0) is 0 Å². The summed E-state index contributed by atoms with van der Waals surface area (Å²) in [6.45, 7) is 7.22. The minimum Gasteiger partial charge on any atom is -0.338 e. The second-order valence-corrected chi connectivity index (χ2v) is 4.28. The lowest BCUT2D eigenvalue weighted by Gasteiger charge is -2.18. The topological polar surface area (TPSA) is 51.0 Å². The number of carbonyl (C=O) groups excluding carboxylic acids is 1. The predicted molar refractivity (Wildman–Crippen MR) is 73.3 cm³/mol. The molecular weight excluding hydrogens is 240 g/mol. The van der Waals surface area contributed by atoms with Gasteiger partial charge in [0, 0.05) is 25.5 Å². The number of pyridine rings is 1. The van der Waals surface area contributed by atoms with Crippen LogP contribution in [0.5, 0.6) is 0 Å². The fourth-order valence-corrected chi connectivity index (χ4v) is 1.91. The molecule has 0 fully saturated rings. The molecule has 1 amide bonds. The molecule has 0 aliphatic carbocycles. The normalized spacial score (nSPS) is 10.5. The number of amides is 1. The van der Waals surface area contributed by atoms with E-state index in [2.05, 4.69) is 10.1 Å². The number of carbonyl (C=O) groups is 1. The first kappa shape index (κ1) is 13.3. The Kier molecular flexibility index (Phi) is 3.94. The van der Waals surface area contributed by atoms with Crippen molar-refractivity contribution < 1.29 is 4.79 Å². The zero-order valence-electron chi connectivity index (χ0n) is 11.5. The molecule has 2 heterocycles. The van der Waals surface area contributed by atoms with Crippen molar-refractivity contribution in [2.24, 2.45) is 0 Å². The standard InChI is InChI=1S/C14H18N4O/c1-4-17(5-2)14(19)13-10-12(6-8-15-13)18-9-7-11(3)16-18/h6-10H,4-5H2,1-3H3. The maximum Gasteiger partial charge on any atom is 0.272 e. The Morgan fingerprint density at radius 2 is 2.05 bits per heavy atom. The zero-order chi connectivity index (χ0) is 13.8. The highest BCUT2D eigenvalue weighted by Gasteiger charge is 2.14. The van der Waals surface area contributed by atoms with Crippen molar-refractivity contribution in [3.05, 3.63) is 42.0 Å². The van der Waals surface area contributed by atoms with Gasteiger partial charge in [-0.25, -0.2) is 4.68 Å². The van der Waals surface area contributed by atoms with E-state index >= 15 is 0 Å². The number of aromatic nitrogens is 3. The second kappa shape index (κ2) is 5.65. The van der Waals surface area contributed by atoms with E-state index in [0.29, 0.717) is 18.8 Å². The third-order valence-corrected chi connectivity index (χ3v) is 3.00. The number of nitrogens with zero attached hydrogens (tertiary/aromatic N) is 4. The Morgan fingerprint density at radius 3 is 2.63 bits per heavy atom. The van der Waals surface area contributed by atoms with Crippen molar-refractivity contribution in [3.63, 3.8) is 0 Å². The molecule has 0 aromatic carbocycles. The zero-order valence-corrected chi connectivity index (χ0v) is 11.5. The lowest BCUT2D eigenvalue weighted by Crippen LogP contribution is -2.31. The van der Waals surface area contributed by atoms with Crippen molar-refractivity contribution in [2.75, 3.05) is 13.1 Å². The monoisotopic (exact) mass is 258 g/mol. The third-order valence-electron chi connectivity index (χ3n) is 3.00. The van der Waals surface area contributed by atoms with E-state index in [0.717, 1.165) is 11.4 Å². The molecule has 2 aromatic rings. The van der Waals surface area contributed by atoms with Crippen LogP contribution >= 0.6 is 0 Å². The van der Waals surface area contributed by atoms with Crippen LogP contribution in [-0.4, -0.2) is 38.7 Å². The minimum absolute atomic E-state index is 0.0456. The Labute approximate surface area is 112 Å². The molecule has 2 rings (SSSR count). The second-order valence-electron chi connectivity index (χ2n) is 4.28. The van der Waals surface area contributed by atoms with Gasteiger partial charge in [0.25, 0.3) is 5.91 Å². The number of hydrogen-bond acceptors (Lipinski definition) is 3. The smallest absolute Gasteiger partial charge is 0.272 e. The fraction of sp³-hybridized carbons (Fsp3) is 0.357. The summed E-state index contributed by atoms with van der Waals surface area (Å²) >= 11 is 0. The number of aryl methyl sites for hydroxylation is 1. The molecule has 5 nitrogen and oxygen atoms in total. The maximum atomic E-state index is 12.2. The van der Waals surface area contributed by atoms with Gasteiger partial charge in [0.15, 0.2) is 0 Å². The third kappa shape index (κ3) is 2.81. The summed E-state index contributed by atoms with van der Waals surface area (Å²) in [4.78, 5) is 18.1. The summed E-state index contributed by atoms with van der Waals surface area (Å²) in [7, 11) is 0. The summed E-state index contributed by atoms with van der Waals surface area (Å²) in [6.07, 6.45) is 3.51. The van der Waals surface area contributed by atoms with E-state index in [1.165, 1.54) is 0 Å². The van der Waals surface area contributed by atoms with E-state index in [1.54, 1.807) is 21.8 Å².